The lowest BCUT2D eigenvalue weighted by molar-refractivity contribution is 0.0351. The topological polar surface area (TPSA) is 67.5 Å². The Balaban J connectivity index is 2.01. The molecule has 1 aromatic rings. The summed E-state index contributed by atoms with van der Waals surface area (Å²) in [6, 6.07) is 0. The normalized spacial score (nSPS) is 12.8. The molecule has 0 aromatic carbocycles. The van der Waals surface area contributed by atoms with E-state index in [9.17, 15) is 5.11 Å². The minimum atomic E-state index is -0.488. The molecule has 0 aliphatic heterocycles. The average Bonchev–Trinajstić information content (AvgIpc) is 2.73. The number of hydrogen-bond donors (Lipinski definition) is 2. The van der Waals surface area contributed by atoms with Gasteiger partial charge in [0, 0.05) is 13.2 Å². The molecule has 1 atom stereocenters. The highest BCUT2D eigenvalue weighted by molar-refractivity contribution is 5.05. The minimum absolute atomic E-state index is 0.378. The lowest BCUT2D eigenvalue weighted by Crippen LogP contribution is -2.30. The van der Waals surface area contributed by atoms with Gasteiger partial charge in [0.15, 0.2) is 0 Å². The van der Waals surface area contributed by atoms with Crippen molar-refractivity contribution in [3.8, 4) is 0 Å². The molecule has 0 saturated carbocycles. The molecule has 0 fully saturated rings. The first-order valence-electron chi connectivity index (χ1n) is 7.53. The van der Waals surface area contributed by atoms with Crippen LogP contribution in [0.1, 0.15) is 50.0 Å². The van der Waals surface area contributed by atoms with Crippen molar-refractivity contribution in [2.45, 2.75) is 59.1 Å². The number of unbranched alkanes of at least 4 members (excludes halogenated alkanes) is 3. The molecule has 1 rings (SSSR count). The smallest absolute Gasteiger partial charge is 0.208 e. The number of nitrogens with one attached hydrogen (secondary N) is 1. The Morgan fingerprint density at radius 1 is 1.30 bits per heavy atom. The third kappa shape index (κ3) is 7.03. The number of aliphatic hydroxyl groups excluding tert-OH is 1. The van der Waals surface area contributed by atoms with Crippen LogP contribution in [0.25, 0.3) is 0 Å². The summed E-state index contributed by atoms with van der Waals surface area (Å²) >= 11 is 0. The molecule has 0 radical (unpaired) electrons. The summed E-state index contributed by atoms with van der Waals surface area (Å²) in [6.07, 6.45) is 4.27. The largest absolute Gasteiger partial charge is 0.444 e. The monoisotopic (exact) mass is 284 g/mol. The van der Waals surface area contributed by atoms with Gasteiger partial charge in [-0.25, -0.2) is 4.98 Å². The van der Waals surface area contributed by atoms with E-state index in [2.05, 4.69) is 17.2 Å². The van der Waals surface area contributed by atoms with Crippen LogP contribution in [0.15, 0.2) is 4.42 Å². The van der Waals surface area contributed by atoms with E-state index in [0.717, 1.165) is 24.5 Å². The number of aromatic nitrogens is 1. The lowest BCUT2D eigenvalue weighted by Gasteiger charge is -2.11. The predicted octanol–water partition coefficient (Wildman–Crippen LogP) is 2.34. The number of aliphatic hydroxyl groups is 1. The van der Waals surface area contributed by atoms with E-state index in [1.165, 1.54) is 19.3 Å². The fraction of sp³-hybridized carbons (Fsp3) is 0.800. The molecule has 0 spiro atoms. The van der Waals surface area contributed by atoms with E-state index in [1.807, 2.05) is 13.8 Å². The van der Waals surface area contributed by atoms with Gasteiger partial charge in [0.05, 0.1) is 24.9 Å². The van der Waals surface area contributed by atoms with Gasteiger partial charge in [0.25, 0.3) is 0 Å². The summed E-state index contributed by atoms with van der Waals surface area (Å²) < 4.78 is 10.9. The zero-order valence-electron chi connectivity index (χ0n) is 12.9. The van der Waals surface area contributed by atoms with Crippen molar-refractivity contribution in [3.63, 3.8) is 0 Å². The van der Waals surface area contributed by atoms with Crippen LogP contribution in [0.5, 0.6) is 0 Å². The molecule has 0 aliphatic carbocycles. The number of aryl methyl sites for hydroxylation is 2. The van der Waals surface area contributed by atoms with Crippen molar-refractivity contribution in [2.24, 2.45) is 0 Å². The van der Waals surface area contributed by atoms with Gasteiger partial charge in [0.2, 0.25) is 5.89 Å². The molecule has 5 heteroatoms. The highest BCUT2D eigenvalue weighted by Crippen LogP contribution is 2.07. The van der Waals surface area contributed by atoms with E-state index in [0.29, 0.717) is 25.6 Å². The third-order valence-corrected chi connectivity index (χ3v) is 3.18. The van der Waals surface area contributed by atoms with Crippen LogP contribution in [0.4, 0.5) is 0 Å². The van der Waals surface area contributed by atoms with Crippen LogP contribution >= 0.6 is 0 Å². The van der Waals surface area contributed by atoms with Gasteiger partial charge in [0.1, 0.15) is 5.76 Å². The SMILES string of the molecule is CCCCCCOCC(O)CNCc1nc(C)c(C)o1. The quantitative estimate of drug-likeness (QED) is 0.610. The molecule has 0 aliphatic rings. The van der Waals surface area contributed by atoms with Crippen molar-refractivity contribution in [1.29, 1.82) is 0 Å². The second kappa shape index (κ2) is 9.91. The first kappa shape index (κ1) is 17.1. The van der Waals surface area contributed by atoms with Gasteiger partial charge in [-0.05, 0) is 20.3 Å². The highest BCUT2D eigenvalue weighted by Gasteiger charge is 2.07. The van der Waals surface area contributed by atoms with Crippen molar-refractivity contribution in [3.05, 3.63) is 17.3 Å². The maximum absolute atomic E-state index is 9.75. The standard InChI is InChI=1S/C15H28N2O3/c1-4-5-6-7-8-19-11-14(18)9-16-10-15-17-12(2)13(3)20-15/h14,16,18H,4-11H2,1-3H3. The predicted molar refractivity (Wildman–Crippen MR) is 78.7 cm³/mol. The zero-order chi connectivity index (χ0) is 14.8. The fourth-order valence-electron chi connectivity index (χ4n) is 1.87. The molecule has 0 bridgehead atoms. The van der Waals surface area contributed by atoms with E-state index in [1.54, 1.807) is 0 Å². The Hall–Kier alpha value is -0.910. The molecular weight excluding hydrogens is 256 g/mol. The second-order valence-electron chi connectivity index (χ2n) is 5.17. The fourth-order valence-corrected chi connectivity index (χ4v) is 1.87. The van der Waals surface area contributed by atoms with Crippen LogP contribution in [-0.4, -0.2) is 36.0 Å². The molecule has 116 valence electrons. The van der Waals surface area contributed by atoms with Crippen LogP contribution in [0, 0.1) is 13.8 Å². The first-order chi connectivity index (χ1) is 9.63. The van der Waals surface area contributed by atoms with Crippen LogP contribution in [-0.2, 0) is 11.3 Å². The maximum Gasteiger partial charge on any atom is 0.208 e. The number of hydrogen-bond acceptors (Lipinski definition) is 5. The van der Waals surface area contributed by atoms with Gasteiger partial charge < -0.3 is 19.6 Å². The van der Waals surface area contributed by atoms with Crippen LogP contribution in [0.3, 0.4) is 0 Å². The molecule has 20 heavy (non-hydrogen) atoms. The van der Waals surface area contributed by atoms with Crippen molar-refractivity contribution in [2.75, 3.05) is 19.8 Å². The third-order valence-electron chi connectivity index (χ3n) is 3.18. The molecule has 5 nitrogen and oxygen atoms in total. The Morgan fingerprint density at radius 3 is 2.75 bits per heavy atom. The molecule has 0 saturated heterocycles. The summed E-state index contributed by atoms with van der Waals surface area (Å²) in [5.41, 5.74) is 0.915. The van der Waals surface area contributed by atoms with E-state index in [4.69, 9.17) is 9.15 Å². The van der Waals surface area contributed by atoms with Crippen molar-refractivity contribution >= 4 is 0 Å². The van der Waals surface area contributed by atoms with E-state index in [-0.39, 0.29) is 0 Å². The molecule has 1 unspecified atom stereocenters. The summed E-state index contributed by atoms with van der Waals surface area (Å²) in [7, 11) is 0. The summed E-state index contributed by atoms with van der Waals surface area (Å²) in [6.45, 7) is 8.12. The van der Waals surface area contributed by atoms with Gasteiger partial charge in [-0.15, -0.1) is 0 Å². The zero-order valence-corrected chi connectivity index (χ0v) is 12.9. The first-order valence-corrected chi connectivity index (χ1v) is 7.53. The number of ether oxygens (including phenoxy) is 1. The molecule has 1 heterocycles. The number of rotatable bonds is 11. The molecular formula is C15H28N2O3. The highest BCUT2D eigenvalue weighted by atomic mass is 16.5. The molecule has 1 aromatic heterocycles. The second-order valence-corrected chi connectivity index (χ2v) is 5.17. The van der Waals surface area contributed by atoms with Crippen LogP contribution < -0.4 is 5.32 Å². The van der Waals surface area contributed by atoms with E-state index >= 15 is 0 Å². The van der Waals surface area contributed by atoms with E-state index < -0.39 is 6.10 Å². The van der Waals surface area contributed by atoms with Crippen molar-refractivity contribution in [1.82, 2.24) is 10.3 Å². The Kier molecular flexibility index (Phi) is 8.49. The van der Waals surface area contributed by atoms with Crippen LogP contribution in [0.2, 0.25) is 0 Å². The van der Waals surface area contributed by atoms with Gasteiger partial charge in [-0.2, -0.15) is 0 Å². The summed E-state index contributed by atoms with van der Waals surface area (Å²) in [4.78, 5) is 4.27. The lowest BCUT2D eigenvalue weighted by atomic mass is 10.2. The van der Waals surface area contributed by atoms with Gasteiger partial charge >= 0.3 is 0 Å². The Labute approximate surface area is 121 Å². The van der Waals surface area contributed by atoms with Crippen molar-refractivity contribution < 1.29 is 14.3 Å². The maximum atomic E-state index is 9.75. The van der Waals surface area contributed by atoms with Gasteiger partial charge in [-0.1, -0.05) is 26.2 Å². The molecule has 2 N–H and O–H groups in total. The average molecular weight is 284 g/mol. The Morgan fingerprint density at radius 2 is 2.10 bits per heavy atom. The van der Waals surface area contributed by atoms with Gasteiger partial charge in [-0.3, -0.25) is 0 Å². The number of oxazole rings is 1. The summed E-state index contributed by atoms with van der Waals surface area (Å²) in [5.74, 6) is 1.51. The summed E-state index contributed by atoms with van der Waals surface area (Å²) in [5, 5.41) is 12.9. The molecule has 0 amide bonds. The Bertz CT molecular complexity index is 347. The minimum Gasteiger partial charge on any atom is -0.444 e. The number of nitrogens with zero attached hydrogens (tertiary/aromatic N) is 1.